The summed E-state index contributed by atoms with van der Waals surface area (Å²) in [6.45, 7) is 1.16. The van der Waals surface area contributed by atoms with Crippen molar-refractivity contribution in [3.8, 4) is 0 Å². The van der Waals surface area contributed by atoms with Gasteiger partial charge in [0.25, 0.3) is 5.78 Å². The van der Waals surface area contributed by atoms with Crippen molar-refractivity contribution in [3.05, 3.63) is 0 Å². The zero-order valence-electron chi connectivity index (χ0n) is 5.29. The zero-order chi connectivity index (χ0) is 8.15. The minimum absolute atomic E-state index is 0.449. The molecule has 0 unspecified atom stereocenters. The van der Waals surface area contributed by atoms with Crippen molar-refractivity contribution in [2.75, 3.05) is 0 Å². The van der Waals surface area contributed by atoms with Gasteiger partial charge in [0.15, 0.2) is 0 Å². The Balaban J connectivity index is 3.86. The third-order valence-electron chi connectivity index (χ3n) is 0.720. The van der Waals surface area contributed by atoms with Crippen molar-refractivity contribution in [3.63, 3.8) is 0 Å². The van der Waals surface area contributed by atoms with Crippen LogP contribution in [0.3, 0.4) is 0 Å². The molecule has 0 rings (SSSR count). The topological polar surface area (TPSA) is 80.7 Å². The fourth-order valence-electron chi connectivity index (χ4n) is 0.349. The van der Waals surface area contributed by atoms with Gasteiger partial charge >= 0.3 is 5.97 Å². The van der Waals surface area contributed by atoms with Gasteiger partial charge in [0.05, 0.1) is 6.42 Å². The summed E-state index contributed by atoms with van der Waals surface area (Å²) < 4.78 is 0. The number of carbonyl (C=O) groups is 3. The molecule has 0 atom stereocenters. The Morgan fingerprint density at radius 2 is 1.90 bits per heavy atom. The van der Waals surface area contributed by atoms with Crippen LogP contribution < -0.4 is 0 Å². The number of hydrogen-bond donors (Lipinski definition) is 1. The predicted molar refractivity (Wildman–Crippen MR) is 29.0 cm³/mol. The Morgan fingerprint density at radius 3 is 2.20 bits per heavy atom. The van der Waals surface area contributed by atoms with E-state index in [-0.39, 0.29) is 0 Å². The van der Waals surface area contributed by atoms with Crippen molar-refractivity contribution < 1.29 is 24.5 Å². The molecule has 5 heteroatoms. The summed E-state index contributed by atoms with van der Waals surface area (Å²) in [7, 11) is 0. The molecule has 0 saturated heterocycles. The molecule has 0 aromatic heterocycles. The SMILES string of the molecule is CC(=O)CC(=O)C(=O)OO. The van der Waals surface area contributed by atoms with E-state index < -0.39 is 24.0 Å². The first-order valence-corrected chi connectivity index (χ1v) is 2.46. The summed E-state index contributed by atoms with van der Waals surface area (Å²) in [4.78, 5) is 33.6. The molecule has 0 heterocycles. The average molecular weight is 146 g/mol. The maximum atomic E-state index is 10.3. The van der Waals surface area contributed by atoms with Gasteiger partial charge in [0.1, 0.15) is 5.78 Å². The maximum absolute atomic E-state index is 10.3. The van der Waals surface area contributed by atoms with Crippen molar-refractivity contribution >= 4 is 17.5 Å². The molecule has 56 valence electrons. The zero-order valence-corrected chi connectivity index (χ0v) is 5.29. The Kier molecular flexibility index (Phi) is 3.27. The smallest absolute Gasteiger partial charge is 0.300 e. The van der Waals surface area contributed by atoms with Crippen LogP contribution in [0.15, 0.2) is 0 Å². The van der Waals surface area contributed by atoms with Crippen LogP contribution in [0.25, 0.3) is 0 Å². The fourth-order valence-corrected chi connectivity index (χ4v) is 0.349. The molecule has 0 aliphatic rings. The summed E-state index contributed by atoms with van der Waals surface area (Å²) in [5, 5.41) is 7.64. The van der Waals surface area contributed by atoms with E-state index in [4.69, 9.17) is 5.26 Å². The molecule has 0 aromatic carbocycles. The Morgan fingerprint density at radius 1 is 1.40 bits per heavy atom. The Labute approximate surface area is 56.5 Å². The second kappa shape index (κ2) is 3.73. The molecule has 0 aromatic rings. The van der Waals surface area contributed by atoms with Crippen LogP contribution in [0, 0.1) is 0 Å². The Bertz CT molecular complexity index is 171. The number of carbonyl (C=O) groups excluding carboxylic acids is 3. The molecule has 5 nitrogen and oxygen atoms in total. The highest BCUT2D eigenvalue weighted by Crippen LogP contribution is 1.86. The quantitative estimate of drug-likeness (QED) is 0.252. The lowest BCUT2D eigenvalue weighted by atomic mass is 10.2. The second-order valence-electron chi connectivity index (χ2n) is 1.68. The summed E-state index contributed by atoms with van der Waals surface area (Å²) in [5.74, 6) is -2.90. The van der Waals surface area contributed by atoms with E-state index in [1.165, 1.54) is 0 Å². The van der Waals surface area contributed by atoms with Gasteiger partial charge in [-0.1, -0.05) is 0 Å². The standard InChI is InChI=1S/C5H6O5/c1-3(6)2-4(7)5(8)10-9/h9H,2H2,1H3. The van der Waals surface area contributed by atoms with Crippen LogP contribution in [0.5, 0.6) is 0 Å². The lowest BCUT2D eigenvalue weighted by Gasteiger charge is -1.90. The van der Waals surface area contributed by atoms with Crippen molar-refractivity contribution in [1.29, 1.82) is 0 Å². The third-order valence-corrected chi connectivity index (χ3v) is 0.720. The predicted octanol–water partition coefficient (Wildman–Crippen LogP) is -0.449. The van der Waals surface area contributed by atoms with Crippen molar-refractivity contribution in [1.82, 2.24) is 0 Å². The van der Waals surface area contributed by atoms with Gasteiger partial charge in [-0.05, 0) is 6.92 Å². The van der Waals surface area contributed by atoms with Gasteiger partial charge in [-0.3, -0.25) is 14.5 Å². The lowest BCUT2D eigenvalue weighted by Crippen LogP contribution is -2.17. The highest BCUT2D eigenvalue weighted by molar-refractivity contribution is 6.36. The fraction of sp³-hybridized carbons (Fsp3) is 0.400. The van der Waals surface area contributed by atoms with Gasteiger partial charge in [0.2, 0.25) is 0 Å². The number of hydrogen-bond acceptors (Lipinski definition) is 5. The number of ketones is 2. The van der Waals surface area contributed by atoms with E-state index in [0.717, 1.165) is 6.92 Å². The molecule has 0 radical (unpaired) electrons. The van der Waals surface area contributed by atoms with E-state index in [1.54, 1.807) is 0 Å². The molecule has 0 bridgehead atoms. The van der Waals surface area contributed by atoms with Crippen LogP contribution in [0.2, 0.25) is 0 Å². The minimum atomic E-state index is -1.41. The first-order chi connectivity index (χ1) is 4.57. The minimum Gasteiger partial charge on any atom is -0.300 e. The molecule has 1 N–H and O–H groups in total. The summed E-state index contributed by atoms with van der Waals surface area (Å²) >= 11 is 0. The van der Waals surface area contributed by atoms with E-state index in [2.05, 4.69) is 4.89 Å². The van der Waals surface area contributed by atoms with Crippen LogP contribution in [0.4, 0.5) is 0 Å². The Hall–Kier alpha value is -1.23. The number of rotatable bonds is 3. The molecule has 0 saturated carbocycles. The summed E-state index contributed by atoms with van der Waals surface area (Å²) in [6, 6.07) is 0. The van der Waals surface area contributed by atoms with E-state index in [0.29, 0.717) is 0 Å². The highest BCUT2D eigenvalue weighted by Gasteiger charge is 2.16. The van der Waals surface area contributed by atoms with Gasteiger partial charge in [-0.2, -0.15) is 5.26 Å². The van der Waals surface area contributed by atoms with Crippen molar-refractivity contribution in [2.45, 2.75) is 13.3 Å². The lowest BCUT2D eigenvalue weighted by molar-refractivity contribution is -0.232. The van der Waals surface area contributed by atoms with Crippen LogP contribution in [-0.4, -0.2) is 22.8 Å². The molecular formula is C5H6O5. The molecule has 0 fully saturated rings. The maximum Gasteiger partial charge on any atom is 0.408 e. The first kappa shape index (κ1) is 8.77. The van der Waals surface area contributed by atoms with E-state index in [1.807, 2.05) is 0 Å². The van der Waals surface area contributed by atoms with E-state index in [9.17, 15) is 14.4 Å². The van der Waals surface area contributed by atoms with Gasteiger partial charge < -0.3 is 0 Å². The largest absolute Gasteiger partial charge is 0.408 e. The molecule has 10 heavy (non-hydrogen) atoms. The normalized spacial score (nSPS) is 8.60. The van der Waals surface area contributed by atoms with E-state index >= 15 is 0 Å². The van der Waals surface area contributed by atoms with Gasteiger partial charge in [0, 0.05) is 0 Å². The molecule has 0 spiro atoms. The monoisotopic (exact) mass is 146 g/mol. The third kappa shape index (κ3) is 2.93. The molecule has 0 aliphatic heterocycles. The van der Waals surface area contributed by atoms with Gasteiger partial charge in [-0.15, -0.1) is 0 Å². The molecule has 0 aliphatic carbocycles. The number of Topliss-reactive ketones (excluding diaryl/α,β-unsaturated/α-hetero) is 2. The van der Waals surface area contributed by atoms with Crippen LogP contribution >= 0.6 is 0 Å². The van der Waals surface area contributed by atoms with Crippen LogP contribution in [0.1, 0.15) is 13.3 Å². The van der Waals surface area contributed by atoms with Crippen LogP contribution in [-0.2, 0) is 19.3 Å². The van der Waals surface area contributed by atoms with Crippen molar-refractivity contribution in [2.24, 2.45) is 0 Å². The average Bonchev–Trinajstić information content (AvgIpc) is 1.85. The molecular weight excluding hydrogens is 140 g/mol. The highest BCUT2D eigenvalue weighted by atomic mass is 17.1. The first-order valence-electron chi connectivity index (χ1n) is 2.46. The second-order valence-corrected chi connectivity index (χ2v) is 1.68. The summed E-state index contributed by atoms with van der Waals surface area (Å²) in [5.41, 5.74) is 0. The summed E-state index contributed by atoms with van der Waals surface area (Å²) in [6.07, 6.45) is -0.528. The van der Waals surface area contributed by atoms with Gasteiger partial charge in [-0.25, -0.2) is 4.79 Å². The molecule has 0 amide bonds.